The van der Waals surface area contributed by atoms with Gasteiger partial charge in [0.05, 0.1) is 0 Å². The quantitative estimate of drug-likeness (QED) is 0.871. The standard InChI is InChI=1S/C12H20N4S/c1-10-14-15-11(17-10)13-8-12(4-5-12)9-16-6-2-3-7-16/h2-9H2,1H3,(H,13,15). The van der Waals surface area contributed by atoms with E-state index in [1.807, 2.05) is 6.92 Å². The van der Waals surface area contributed by atoms with Gasteiger partial charge in [0.1, 0.15) is 5.01 Å². The predicted molar refractivity (Wildman–Crippen MR) is 70.5 cm³/mol. The normalized spacial score (nSPS) is 22.9. The maximum Gasteiger partial charge on any atom is 0.205 e. The Morgan fingerprint density at radius 3 is 2.65 bits per heavy atom. The first-order valence-corrected chi connectivity index (χ1v) is 7.34. The van der Waals surface area contributed by atoms with E-state index in [2.05, 4.69) is 20.4 Å². The Morgan fingerprint density at radius 2 is 2.06 bits per heavy atom. The summed E-state index contributed by atoms with van der Waals surface area (Å²) in [7, 11) is 0. The number of aryl methyl sites for hydroxylation is 1. The van der Waals surface area contributed by atoms with Gasteiger partial charge in [0.25, 0.3) is 0 Å². The third-order valence-electron chi connectivity index (χ3n) is 3.86. The SMILES string of the molecule is Cc1nnc(NCC2(CN3CCCC3)CC2)s1. The lowest BCUT2D eigenvalue weighted by molar-refractivity contribution is 0.271. The second-order valence-electron chi connectivity index (χ2n) is 5.46. The lowest BCUT2D eigenvalue weighted by Gasteiger charge is -2.22. The number of likely N-dealkylation sites (tertiary alicyclic amines) is 1. The minimum absolute atomic E-state index is 0.532. The summed E-state index contributed by atoms with van der Waals surface area (Å²) < 4.78 is 0. The highest BCUT2D eigenvalue weighted by atomic mass is 32.1. The van der Waals surface area contributed by atoms with Gasteiger partial charge in [0.15, 0.2) is 0 Å². The van der Waals surface area contributed by atoms with Crippen LogP contribution in [0.1, 0.15) is 30.7 Å². The second-order valence-corrected chi connectivity index (χ2v) is 6.64. The number of nitrogens with one attached hydrogen (secondary N) is 1. The second kappa shape index (κ2) is 4.53. The van der Waals surface area contributed by atoms with Gasteiger partial charge < -0.3 is 10.2 Å². The maximum atomic E-state index is 4.12. The minimum Gasteiger partial charge on any atom is -0.359 e. The highest BCUT2D eigenvalue weighted by Gasteiger charge is 2.44. The van der Waals surface area contributed by atoms with Crippen molar-refractivity contribution in [3.8, 4) is 0 Å². The lowest BCUT2D eigenvalue weighted by Crippen LogP contribution is -2.31. The van der Waals surface area contributed by atoms with Crippen molar-refractivity contribution in [1.29, 1.82) is 0 Å². The molecule has 1 saturated carbocycles. The Bertz CT molecular complexity index is 380. The van der Waals surface area contributed by atoms with Crippen LogP contribution in [-0.2, 0) is 0 Å². The molecule has 2 aliphatic rings. The van der Waals surface area contributed by atoms with Gasteiger partial charge in [-0.1, -0.05) is 11.3 Å². The van der Waals surface area contributed by atoms with Crippen LogP contribution in [0.2, 0.25) is 0 Å². The largest absolute Gasteiger partial charge is 0.359 e. The van der Waals surface area contributed by atoms with Crippen molar-refractivity contribution >= 4 is 16.5 Å². The smallest absolute Gasteiger partial charge is 0.205 e. The Kier molecular flexibility index (Phi) is 3.04. The van der Waals surface area contributed by atoms with Crippen LogP contribution in [0.25, 0.3) is 0 Å². The molecule has 1 N–H and O–H groups in total. The number of nitrogens with zero attached hydrogens (tertiary/aromatic N) is 3. The van der Waals surface area contributed by atoms with Crippen molar-refractivity contribution in [2.45, 2.75) is 32.6 Å². The van der Waals surface area contributed by atoms with Crippen LogP contribution in [0, 0.1) is 12.3 Å². The molecule has 0 aromatic carbocycles. The van der Waals surface area contributed by atoms with E-state index >= 15 is 0 Å². The molecule has 1 aromatic rings. The molecule has 17 heavy (non-hydrogen) atoms. The zero-order valence-corrected chi connectivity index (χ0v) is 11.2. The van der Waals surface area contributed by atoms with E-state index in [-0.39, 0.29) is 0 Å². The van der Waals surface area contributed by atoms with Gasteiger partial charge in [-0.3, -0.25) is 0 Å². The summed E-state index contributed by atoms with van der Waals surface area (Å²) in [6.45, 7) is 6.95. The molecule has 0 amide bonds. The summed E-state index contributed by atoms with van der Waals surface area (Å²) in [4.78, 5) is 2.63. The Hall–Kier alpha value is -0.680. The molecule has 1 aliphatic carbocycles. The summed E-state index contributed by atoms with van der Waals surface area (Å²) >= 11 is 1.65. The van der Waals surface area contributed by atoms with Crippen molar-refractivity contribution in [2.24, 2.45) is 5.41 Å². The average molecular weight is 252 g/mol. The molecule has 0 bridgehead atoms. The Balaban J connectivity index is 1.50. The van der Waals surface area contributed by atoms with E-state index in [4.69, 9.17) is 0 Å². The molecular formula is C12H20N4S. The van der Waals surface area contributed by atoms with Crippen LogP contribution < -0.4 is 5.32 Å². The Morgan fingerprint density at radius 1 is 1.29 bits per heavy atom. The van der Waals surface area contributed by atoms with Gasteiger partial charge >= 0.3 is 0 Å². The number of hydrogen-bond acceptors (Lipinski definition) is 5. The fraction of sp³-hybridized carbons (Fsp3) is 0.833. The van der Waals surface area contributed by atoms with Crippen LogP contribution in [0.5, 0.6) is 0 Å². The number of anilines is 1. The summed E-state index contributed by atoms with van der Waals surface area (Å²) in [6, 6.07) is 0. The van der Waals surface area contributed by atoms with Crippen LogP contribution in [0.3, 0.4) is 0 Å². The minimum atomic E-state index is 0.532. The predicted octanol–water partition coefficient (Wildman–Crippen LogP) is 2.13. The fourth-order valence-electron chi connectivity index (χ4n) is 2.61. The third kappa shape index (κ3) is 2.77. The zero-order chi connectivity index (χ0) is 11.7. The van der Waals surface area contributed by atoms with Gasteiger partial charge in [-0.05, 0) is 45.7 Å². The van der Waals surface area contributed by atoms with Crippen molar-refractivity contribution in [2.75, 3.05) is 31.5 Å². The van der Waals surface area contributed by atoms with Gasteiger partial charge in [-0.2, -0.15) is 0 Å². The molecule has 4 nitrogen and oxygen atoms in total. The molecule has 2 fully saturated rings. The highest BCUT2D eigenvalue weighted by molar-refractivity contribution is 7.15. The van der Waals surface area contributed by atoms with E-state index in [0.29, 0.717) is 5.41 Å². The molecule has 1 aromatic heterocycles. The first-order chi connectivity index (χ1) is 8.26. The van der Waals surface area contributed by atoms with Gasteiger partial charge in [-0.25, -0.2) is 0 Å². The first kappa shape index (κ1) is 11.4. The topological polar surface area (TPSA) is 41.1 Å². The van der Waals surface area contributed by atoms with Crippen LogP contribution in [0.4, 0.5) is 5.13 Å². The molecule has 94 valence electrons. The molecule has 0 spiro atoms. The molecule has 0 unspecified atom stereocenters. The monoisotopic (exact) mass is 252 g/mol. The van der Waals surface area contributed by atoms with Crippen molar-refractivity contribution < 1.29 is 0 Å². The average Bonchev–Trinajstić information content (AvgIpc) is 2.74. The van der Waals surface area contributed by atoms with E-state index < -0.39 is 0 Å². The number of hydrogen-bond donors (Lipinski definition) is 1. The van der Waals surface area contributed by atoms with Crippen molar-refractivity contribution in [3.63, 3.8) is 0 Å². The van der Waals surface area contributed by atoms with Gasteiger partial charge in [-0.15, -0.1) is 10.2 Å². The number of rotatable bonds is 5. The number of aromatic nitrogens is 2. The van der Waals surface area contributed by atoms with Crippen molar-refractivity contribution in [3.05, 3.63) is 5.01 Å². The molecule has 1 saturated heterocycles. The maximum absolute atomic E-state index is 4.12. The Labute approximate surface area is 106 Å². The fourth-order valence-corrected chi connectivity index (χ4v) is 3.20. The van der Waals surface area contributed by atoms with Crippen LogP contribution >= 0.6 is 11.3 Å². The van der Waals surface area contributed by atoms with Gasteiger partial charge in [0.2, 0.25) is 5.13 Å². The lowest BCUT2D eigenvalue weighted by atomic mass is 10.1. The highest BCUT2D eigenvalue weighted by Crippen LogP contribution is 2.46. The molecule has 2 heterocycles. The summed E-state index contributed by atoms with van der Waals surface area (Å²) in [6.07, 6.45) is 5.51. The molecule has 3 rings (SSSR count). The van der Waals surface area contributed by atoms with E-state index in [1.165, 1.54) is 45.3 Å². The van der Waals surface area contributed by atoms with Gasteiger partial charge in [0, 0.05) is 18.5 Å². The van der Waals surface area contributed by atoms with Crippen LogP contribution in [-0.4, -0.2) is 41.3 Å². The molecule has 1 aliphatic heterocycles. The third-order valence-corrected chi connectivity index (χ3v) is 4.65. The van der Waals surface area contributed by atoms with Crippen LogP contribution in [0.15, 0.2) is 0 Å². The van der Waals surface area contributed by atoms with E-state index in [9.17, 15) is 0 Å². The van der Waals surface area contributed by atoms with E-state index in [0.717, 1.165) is 16.7 Å². The molecular weight excluding hydrogens is 232 g/mol. The summed E-state index contributed by atoms with van der Waals surface area (Å²) in [5.41, 5.74) is 0.532. The summed E-state index contributed by atoms with van der Waals surface area (Å²) in [5.74, 6) is 0. The van der Waals surface area contributed by atoms with E-state index in [1.54, 1.807) is 11.3 Å². The molecule has 0 radical (unpaired) electrons. The molecule has 5 heteroatoms. The zero-order valence-electron chi connectivity index (χ0n) is 10.4. The first-order valence-electron chi connectivity index (χ1n) is 6.52. The molecule has 0 atom stereocenters. The van der Waals surface area contributed by atoms with Crippen molar-refractivity contribution in [1.82, 2.24) is 15.1 Å². The summed E-state index contributed by atoms with van der Waals surface area (Å²) in [5, 5.41) is 13.6.